The van der Waals surface area contributed by atoms with Crippen LogP contribution in [0.15, 0.2) is 0 Å². The highest BCUT2D eigenvalue weighted by Crippen LogP contribution is 2.43. The molecule has 1 heteroatoms. The molecule has 0 radical (unpaired) electrons. The van der Waals surface area contributed by atoms with Crippen LogP contribution in [0.3, 0.4) is 0 Å². The SMILES string of the molecule is CCCC[C@]1(CO)CCC[C@H](CC)C1. The second-order valence-corrected chi connectivity index (χ2v) is 5.13. The molecule has 0 amide bonds. The summed E-state index contributed by atoms with van der Waals surface area (Å²) < 4.78 is 0. The van der Waals surface area contributed by atoms with Crippen molar-refractivity contribution in [3.05, 3.63) is 0 Å². The van der Waals surface area contributed by atoms with E-state index in [0.29, 0.717) is 12.0 Å². The second-order valence-electron chi connectivity index (χ2n) is 5.13. The van der Waals surface area contributed by atoms with E-state index < -0.39 is 0 Å². The molecule has 84 valence electrons. The van der Waals surface area contributed by atoms with E-state index in [0.717, 1.165) is 5.92 Å². The number of rotatable bonds is 5. The molecule has 1 aliphatic carbocycles. The third-order valence-corrected chi connectivity index (χ3v) is 4.01. The van der Waals surface area contributed by atoms with Gasteiger partial charge in [0.15, 0.2) is 0 Å². The molecule has 0 aromatic heterocycles. The summed E-state index contributed by atoms with van der Waals surface area (Å²) in [7, 11) is 0. The Kier molecular flexibility index (Phi) is 4.94. The molecule has 1 fully saturated rings. The maximum Gasteiger partial charge on any atom is 0.0487 e. The highest BCUT2D eigenvalue weighted by atomic mass is 16.3. The van der Waals surface area contributed by atoms with Crippen LogP contribution in [0, 0.1) is 11.3 Å². The van der Waals surface area contributed by atoms with E-state index in [1.807, 2.05) is 0 Å². The van der Waals surface area contributed by atoms with Gasteiger partial charge in [-0.05, 0) is 30.6 Å². The monoisotopic (exact) mass is 198 g/mol. The van der Waals surface area contributed by atoms with Gasteiger partial charge in [-0.2, -0.15) is 0 Å². The highest BCUT2D eigenvalue weighted by molar-refractivity contribution is 4.85. The lowest BCUT2D eigenvalue weighted by atomic mass is 9.67. The Morgan fingerprint density at radius 3 is 2.71 bits per heavy atom. The molecular formula is C13H26O. The van der Waals surface area contributed by atoms with Crippen molar-refractivity contribution in [1.29, 1.82) is 0 Å². The predicted octanol–water partition coefficient (Wildman–Crippen LogP) is 3.76. The van der Waals surface area contributed by atoms with E-state index in [1.165, 1.54) is 51.4 Å². The molecule has 0 saturated heterocycles. The van der Waals surface area contributed by atoms with Gasteiger partial charge in [-0.15, -0.1) is 0 Å². The molecule has 0 bridgehead atoms. The quantitative estimate of drug-likeness (QED) is 0.713. The van der Waals surface area contributed by atoms with E-state index in [1.54, 1.807) is 0 Å². The minimum Gasteiger partial charge on any atom is -0.396 e. The van der Waals surface area contributed by atoms with Crippen LogP contribution in [0.2, 0.25) is 0 Å². The average Bonchev–Trinajstić information content (AvgIpc) is 2.26. The maximum atomic E-state index is 9.58. The van der Waals surface area contributed by atoms with Crippen LogP contribution in [-0.4, -0.2) is 11.7 Å². The summed E-state index contributed by atoms with van der Waals surface area (Å²) in [4.78, 5) is 0. The fourth-order valence-electron chi connectivity index (χ4n) is 2.93. The summed E-state index contributed by atoms with van der Waals surface area (Å²) in [5, 5.41) is 9.58. The molecule has 1 N–H and O–H groups in total. The zero-order chi connectivity index (χ0) is 10.4. The standard InChI is InChI=1S/C13H26O/c1-3-5-8-13(11-14)9-6-7-12(4-2)10-13/h12,14H,3-11H2,1-2H3/t12-,13-/m0/s1. The van der Waals surface area contributed by atoms with Crippen molar-refractivity contribution in [2.75, 3.05) is 6.61 Å². The molecule has 0 aromatic rings. The van der Waals surface area contributed by atoms with Crippen LogP contribution < -0.4 is 0 Å². The Bertz CT molecular complexity index is 155. The Hall–Kier alpha value is -0.0400. The molecule has 1 rings (SSSR count). The first kappa shape index (κ1) is 12.0. The summed E-state index contributed by atoms with van der Waals surface area (Å²) >= 11 is 0. The minimum atomic E-state index is 0.301. The van der Waals surface area contributed by atoms with Crippen molar-refractivity contribution < 1.29 is 5.11 Å². The Morgan fingerprint density at radius 2 is 2.14 bits per heavy atom. The molecule has 14 heavy (non-hydrogen) atoms. The first-order chi connectivity index (χ1) is 6.76. The van der Waals surface area contributed by atoms with Gasteiger partial charge in [-0.25, -0.2) is 0 Å². The van der Waals surface area contributed by atoms with E-state index in [9.17, 15) is 5.11 Å². The average molecular weight is 198 g/mol. The van der Waals surface area contributed by atoms with Crippen molar-refractivity contribution in [1.82, 2.24) is 0 Å². The van der Waals surface area contributed by atoms with Gasteiger partial charge in [0.2, 0.25) is 0 Å². The lowest BCUT2D eigenvalue weighted by Gasteiger charge is -2.39. The molecule has 2 atom stereocenters. The van der Waals surface area contributed by atoms with Crippen LogP contribution in [0.1, 0.15) is 65.2 Å². The maximum absolute atomic E-state index is 9.58. The van der Waals surface area contributed by atoms with Crippen molar-refractivity contribution in [2.45, 2.75) is 65.2 Å². The minimum absolute atomic E-state index is 0.301. The summed E-state index contributed by atoms with van der Waals surface area (Å²) in [6, 6.07) is 0. The van der Waals surface area contributed by atoms with Gasteiger partial charge in [0.25, 0.3) is 0 Å². The van der Waals surface area contributed by atoms with Crippen LogP contribution in [0.4, 0.5) is 0 Å². The van der Waals surface area contributed by atoms with Crippen molar-refractivity contribution in [3.8, 4) is 0 Å². The normalized spacial score (nSPS) is 33.2. The number of aliphatic hydroxyl groups is 1. The molecule has 1 aliphatic rings. The van der Waals surface area contributed by atoms with Crippen LogP contribution in [0.25, 0.3) is 0 Å². The largest absolute Gasteiger partial charge is 0.396 e. The van der Waals surface area contributed by atoms with Gasteiger partial charge >= 0.3 is 0 Å². The molecule has 0 aliphatic heterocycles. The molecule has 0 heterocycles. The number of hydrogen-bond donors (Lipinski definition) is 1. The van der Waals surface area contributed by atoms with Crippen molar-refractivity contribution in [3.63, 3.8) is 0 Å². The van der Waals surface area contributed by atoms with Gasteiger partial charge in [-0.3, -0.25) is 0 Å². The summed E-state index contributed by atoms with van der Waals surface area (Å²) in [6.07, 6.45) is 10.4. The van der Waals surface area contributed by atoms with E-state index in [2.05, 4.69) is 13.8 Å². The van der Waals surface area contributed by atoms with Gasteiger partial charge in [0, 0.05) is 6.61 Å². The van der Waals surface area contributed by atoms with Crippen LogP contribution in [0.5, 0.6) is 0 Å². The lowest BCUT2D eigenvalue weighted by Crippen LogP contribution is -2.32. The Morgan fingerprint density at radius 1 is 1.36 bits per heavy atom. The third kappa shape index (κ3) is 2.98. The van der Waals surface area contributed by atoms with Crippen LogP contribution >= 0.6 is 0 Å². The molecule has 0 unspecified atom stereocenters. The van der Waals surface area contributed by atoms with Gasteiger partial charge < -0.3 is 5.11 Å². The molecule has 1 saturated carbocycles. The fraction of sp³-hybridized carbons (Fsp3) is 1.00. The fourth-order valence-corrected chi connectivity index (χ4v) is 2.93. The topological polar surface area (TPSA) is 20.2 Å². The first-order valence-electron chi connectivity index (χ1n) is 6.37. The Labute approximate surface area is 88.9 Å². The van der Waals surface area contributed by atoms with E-state index in [-0.39, 0.29) is 0 Å². The smallest absolute Gasteiger partial charge is 0.0487 e. The van der Waals surface area contributed by atoms with E-state index >= 15 is 0 Å². The molecule has 0 spiro atoms. The number of aliphatic hydroxyl groups excluding tert-OH is 1. The predicted molar refractivity (Wildman–Crippen MR) is 61.3 cm³/mol. The zero-order valence-electron chi connectivity index (χ0n) is 9.89. The van der Waals surface area contributed by atoms with Gasteiger partial charge in [-0.1, -0.05) is 46.0 Å². The summed E-state index contributed by atoms with van der Waals surface area (Å²) in [5.74, 6) is 0.882. The van der Waals surface area contributed by atoms with Gasteiger partial charge in [0.1, 0.15) is 0 Å². The van der Waals surface area contributed by atoms with Crippen molar-refractivity contribution in [2.24, 2.45) is 11.3 Å². The summed E-state index contributed by atoms with van der Waals surface area (Å²) in [6.45, 7) is 4.95. The second kappa shape index (κ2) is 5.75. The molecular weight excluding hydrogens is 172 g/mol. The Balaban J connectivity index is 2.49. The number of hydrogen-bond acceptors (Lipinski definition) is 1. The van der Waals surface area contributed by atoms with Gasteiger partial charge in [0.05, 0.1) is 0 Å². The van der Waals surface area contributed by atoms with Crippen molar-refractivity contribution >= 4 is 0 Å². The summed E-state index contributed by atoms with van der Waals surface area (Å²) in [5.41, 5.74) is 0.301. The first-order valence-corrected chi connectivity index (χ1v) is 6.37. The van der Waals surface area contributed by atoms with E-state index in [4.69, 9.17) is 0 Å². The third-order valence-electron chi connectivity index (χ3n) is 4.01. The molecule has 0 aromatic carbocycles. The highest BCUT2D eigenvalue weighted by Gasteiger charge is 2.34. The van der Waals surface area contributed by atoms with Crippen LogP contribution in [-0.2, 0) is 0 Å². The number of unbranched alkanes of at least 4 members (excludes halogenated alkanes) is 1. The zero-order valence-corrected chi connectivity index (χ0v) is 9.89. The lowest BCUT2D eigenvalue weighted by molar-refractivity contribution is 0.0455. The molecule has 1 nitrogen and oxygen atoms in total.